The van der Waals surface area contributed by atoms with Crippen LogP contribution in [0.25, 0.3) is 0 Å². The van der Waals surface area contributed by atoms with Gasteiger partial charge in [0.15, 0.2) is 0 Å². The van der Waals surface area contributed by atoms with Crippen LogP contribution in [0.2, 0.25) is 0 Å². The van der Waals surface area contributed by atoms with Gasteiger partial charge < -0.3 is 6.33 Å². The summed E-state index contributed by atoms with van der Waals surface area (Å²) in [4.78, 5) is 9.99. The molecule has 0 bridgehead atoms. The third kappa shape index (κ3) is 9.34. The lowest BCUT2D eigenvalue weighted by Crippen LogP contribution is -2.13. The molecule has 3 heteroatoms. The molecule has 3 nitrogen and oxygen atoms in total. The topological polar surface area (TPSA) is 28.0 Å². The maximum absolute atomic E-state index is 3.99. The average molecular weight is 156 g/mol. The minimum Gasteiger partial charge on any atom is -1.00 e. The molecule has 0 unspecified atom stereocenters. The van der Waals surface area contributed by atoms with Gasteiger partial charge in [-0.15, -0.1) is 0 Å². The van der Waals surface area contributed by atoms with E-state index in [-0.39, 0.29) is 1.43 Å². The van der Waals surface area contributed by atoms with Gasteiger partial charge in [0.1, 0.15) is 0 Å². The summed E-state index contributed by atoms with van der Waals surface area (Å²) in [6.45, 7) is 4.67. The van der Waals surface area contributed by atoms with E-state index in [4.69, 9.17) is 0 Å². The van der Waals surface area contributed by atoms with Gasteiger partial charge in [0, 0.05) is 6.54 Å². The number of rotatable bonds is 5. The van der Waals surface area contributed by atoms with Crippen molar-refractivity contribution >= 4 is 6.01 Å². The first kappa shape index (κ1) is 10.3. The van der Waals surface area contributed by atoms with Crippen molar-refractivity contribution in [2.75, 3.05) is 33.7 Å². The van der Waals surface area contributed by atoms with Gasteiger partial charge in [-0.2, -0.15) is 0 Å². The number of aliphatic imine (C=N–C) groups is 2. The van der Waals surface area contributed by atoms with Crippen molar-refractivity contribution in [1.82, 2.24) is 4.90 Å². The molecule has 0 aromatic rings. The molecule has 0 N–H and O–H groups in total. The zero-order valence-corrected chi connectivity index (χ0v) is 7.67. The maximum atomic E-state index is 3.99. The molecule has 0 radical (unpaired) electrons. The fourth-order valence-electron chi connectivity index (χ4n) is 0.637. The summed E-state index contributed by atoms with van der Waals surface area (Å²) < 4.78 is 0. The standard InChI is InChI=1S/C8H17N3.H/c1-4-9-8-10-6-5-7-11(2)3;/h4-7H2,1-3H3;/q;-1. The lowest BCUT2D eigenvalue weighted by atomic mass is 10.4. The molecule has 0 aromatic heterocycles. The highest BCUT2D eigenvalue weighted by Gasteiger charge is 1.86. The maximum Gasteiger partial charge on any atom is 0.0892 e. The Morgan fingerprint density at radius 2 is 2.09 bits per heavy atom. The number of hydrogen-bond acceptors (Lipinski definition) is 3. The summed E-state index contributed by atoms with van der Waals surface area (Å²) in [6, 6.07) is 2.64. The summed E-state index contributed by atoms with van der Waals surface area (Å²) in [5.74, 6) is 0. The Bertz CT molecular complexity index is 139. The Balaban J connectivity index is 0. The number of nitrogens with zero attached hydrogens (tertiary/aromatic N) is 3. The molecule has 0 rings (SSSR count). The Morgan fingerprint density at radius 1 is 1.36 bits per heavy atom. The highest BCUT2D eigenvalue weighted by atomic mass is 15.0. The molecule has 0 heterocycles. The predicted octanol–water partition coefficient (Wildman–Crippen LogP) is 1.24. The minimum atomic E-state index is 0. The van der Waals surface area contributed by atoms with Gasteiger partial charge in [0.2, 0.25) is 0 Å². The second-order valence-corrected chi connectivity index (χ2v) is 2.61. The molecule has 0 saturated carbocycles. The van der Waals surface area contributed by atoms with Crippen molar-refractivity contribution in [3.05, 3.63) is 0 Å². The molecular weight excluding hydrogens is 138 g/mol. The lowest BCUT2D eigenvalue weighted by Gasteiger charge is -2.05. The van der Waals surface area contributed by atoms with E-state index in [0.29, 0.717) is 0 Å². The zero-order valence-electron chi connectivity index (χ0n) is 8.67. The second-order valence-electron chi connectivity index (χ2n) is 2.61. The Kier molecular flexibility index (Phi) is 7.00. The normalized spacial score (nSPS) is 9.45. The highest BCUT2D eigenvalue weighted by Crippen LogP contribution is 1.82. The van der Waals surface area contributed by atoms with Crippen LogP contribution < -0.4 is 0 Å². The molecule has 0 saturated heterocycles. The van der Waals surface area contributed by atoms with Gasteiger partial charge in [-0.3, -0.25) is 0 Å². The van der Waals surface area contributed by atoms with E-state index in [9.17, 15) is 0 Å². The molecule has 0 amide bonds. The lowest BCUT2D eigenvalue weighted by molar-refractivity contribution is 0.403. The molecule has 0 fully saturated rings. The molecular formula is C8H18N3-. The monoisotopic (exact) mass is 156 g/mol. The fraction of sp³-hybridized carbons (Fsp3) is 0.875. The van der Waals surface area contributed by atoms with Crippen LogP contribution in [0.1, 0.15) is 14.8 Å². The first-order valence-corrected chi connectivity index (χ1v) is 4.00. The summed E-state index contributed by atoms with van der Waals surface area (Å²) in [7, 11) is 4.12. The van der Waals surface area contributed by atoms with Gasteiger partial charge in [0.25, 0.3) is 0 Å². The minimum absolute atomic E-state index is 0. The van der Waals surface area contributed by atoms with Crippen LogP contribution in [0, 0.1) is 0 Å². The van der Waals surface area contributed by atoms with Crippen molar-refractivity contribution < 1.29 is 1.43 Å². The quantitative estimate of drug-likeness (QED) is 0.435. The van der Waals surface area contributed by atoms with Crippen molar-refractivity contribution in [3.63, 3.8) is 0 Å². The SMILES string of the molecule is CCN=C=NCCCN(C)C.[H-]. The van der Waals surface area contributed by atoms with Gasteiger partial charge in [0.05, 0.1) is 12.6 Å². The molecule has 0 aliphatic heterocycles. The fourth-order valence-corrected chi connectivity index (χ4v) is 0.637. The van der Waals surface area contributed by atoms with Gasteiger partial charge >= 0.3 is 0 Å². The molecule has 0 aromatic carbocycles. The van der Waals surface area contributed by atoms with Crippen LogP contribution in [0.5, 0.6) is 0 Å². The Hall–Kier alpha value is -0.660. The Labute approximate surface area is 70.3 Å². The molecule has 66 valence electrons. The van der Waals surface area contributed by atoms with E-state index in [1.807, 2.05) is 6.92 Å². The van der Waals surface area contributed by atoms with Crippen LogP contribution in [0.3, 0.4) is 0 Å². The van der Waals surface area contributed by atoms with E-state index >= 15 is 0 Å². The van der Waals surface area contributed by atoms with Crippen molar-refractivity contribution in [3.8, 4) is 0 Å². The van der Waals surface area contributed by atoms with Crippen LogP contribution >= 0.6 is 0 Å². The van der Waals surface area contributed by atoms with Crippen LogP contribution in [-0.4, -0.2) is 44.6 Å². The summed E-state index contributed by atoms with van der Waals surface area (Å²) in [6.07, 6.45) is 1.08. The van der Waals surface area contributed by atoms with E-state index in [1.165, 1.54) is 0 Å². The van der Waals surface area contributed by atoms with Gasteiger partial charge in [-0.25, -0.2) is 9.98 Å². The second kappa shape index (κ2) is 7.45. The molecule has 11 heavy (non-hydrogen) atoms. The average Bonchev–Trinajstić information content (AvgIpc) is 1.96. The van der Waals surface area contributed by atoms with E-state index in [1.54, 1.807) is 0 Å². The summed E-state index contributed by atoms with van der Waals surface area (Å²) >= 11 is 0. The predicted molar refractivity (Wildman–Crippen MR) is 49.6 cm³/mol. The molecule has 0 aliphatic rings. The summed E-state index contributed by atoms with van der Waals surface area (Å²) in [5.41, 5.74) is 0. The van der Waals surface area contributed by atoms with E-state index < -0.39 is 0 Å². The van der Waals surface area contributed by atoms with Crippen LogP contribution in [0.4, 0.5) is 0 Å². The third-order valence-electron chi connectivity index (χ3n) is 1.17. The smallest absolute Gasteiger partial charge is 0.0892 e. The first-order valence-electron chi connectivity index (χ1n) is 4.00. The molecule has 0 aliphatic carbocycles. The largest absolute Gasteiger partial charge is 1.00 e. The van der Waals surface area contributed by atoms with Crippen LogP contribution in [-0.2, 0) is 0 Å². The van der Waals surface area contributed by atoms with E-state index in [2.05, 4.69) is 35.0 Å². The van der Waals surface area contributed by atoms with Gasteiger partial charge in [-0.1, -0.05) is 0 Å². The summed E-state index contributed by atoms with van der Waals surface area (Å²) in [5, 5.41) is 0. The number of hydrogen-bond donors (Lipinski definition) is 0. The first-order chi connectivity index (χ1) is 5.27. The van der Waals surface area contributed by atoms with E-state index in [0.717, 1.165) is 26.1 Å². The van der Waals surface area contributed by atoms with Crippen molar-refractivity contribution in [1.29, 1.82) is 0 Å². The third-order valence-corrected chi connectivity index (χ3v) is 1.17. The highest BCUT2D eigenvalue weighted by molar-refractivity contribution is 5.40. The Morgan fingerprint density at radius 3 is 2.64 bits per heavy atom. The molecule has 0 atom stereocenters. The van der Waals surface area contributed by atoms with Crippen molar-refractivity contribution in [2.45, 2.75) is 13.3 Å². The zero-order chi connectivity index (χ0) is 8.53. The van der Waals surface area contributed by atoms with Crippen LogP contribution in [0.15, 0.2) is 9.98 Å². The van der Waals surface area contributed by atoms with Gasteiger partial charge in [-0.05, 0) is 34.0 Å². The molecule has 0 spiro atoms. The van der Waals surface area contributed by atoms with Crippen molar-refractivity contribution in [2.24, 2.45) is 9.98 Å².